The van der Waals surface area contributed by atoms with E-state index in [1.165, 1.54) is 40.4 Å². The summed E-state index contributed by atoms with van der Waals surface area (Å²) in [6.45, 7) is 6.00. The number of aryl methyl sites for hydroxylation is 3. The van der Waals surface area contributed by atoms with Gasteiger partial charge in [-0.1, -0.05) is 40.9 Å². The molecule has 1 aromatic carbocycles. The average Bonchev–Trinajstić information content (AvgIpc) is 2.94. The zero-order valence-corrected chi connectivity index (χ0v) is 15.5. The van der Waals surface area contributed by atoms with Gasteiger partial charge in [-0.3, -0.25) is 9.59 Å². The van der Waals surface area contributed by atoms with Crippen LogP contribution < -0.4 is 5.73 Å². The maximum Gasteiger partial charge on any atom is 0.227 e. The largest absolute Gasteiger partial charge is 0.369 e. The third kappa shape index (κ3) is 5.05. The van der Waals surface area contributed by atoms with Crippen LogP contribution in [0.4, 0.5) is 0 Å². The van der Waals surface area contributed by atoms with Crippen molar-refractivity contribution in [3.05, 3.63) is 34.4 Å². The van der Waals surface area contributed by atoms with Crippen molar-refractivity contribution >= 4 is 46.6 Å². The second kappa shape index (κ2) is 7.94. The molecule has 0 unspecified atom stereocenters. The molecule has 23 heavy (non-hydrogen) atoms. The van der Waals surface area contributed by atoms with Gasteiger partial charge in [-0.2, -0.15) is 0 Å². The van der Waals surface area contributed by atoms with E-state index in [1.54, 1.807) is 0 Å². The van der Waals surface area contributed by atoms with Crippen molar-refractivity contribution in [2.45, 2.75) is 29.5 Å². The monoisotopic (exact) mass is 367 g/mol. The minimum atomic E-state index is -0.389. The molecule has 0 radical (unpaired) electrons. The Morgan fingerprint density at radius 2 is 1.57 bits per heavy atom. The van der Waals surface area contributed by atoms with Gasteiger partial charge in [-0.05, 0) is 43.5 Å². The summed E-state index contributed by atoms with van der Waals surface area (Å²) in [6, 6.07) is 3.98. The van der Waals surface area contributed by atoms with Crippen LogP contribution in [0.25, 0.3) is 0 Å². The summed E-state index contributed by atoms with van der Waals surface area (Å²) >= 11 is 3.99. The molecule has 0 bridgehead atoms. The molecule has 1 heterocycles. The number of hydrogen-bond donors (Lipinski definition) is 1. The number of Topliss-reactive ketones (excluding diaryl/α,β-unsaturated/α-hetero) is 1. The maximum absolute atomic E-state index is 12.4. The lowest BCUT2D eigenvalue weighted by Gasteiger charge is -2.08. The number of primary amides is 1. The van der Waals surface area contributed by atoms with Crippen LogP contribution >= 0.6 is 34.9 Å². The van der Waals surface area contributed by atoms with Crippen LogP contribution in [0.1, 0.15) is 27.0 Å². The van der Waals surface area contributed by atoms with E-state index < -0.39 is 0 Å². The van der Waals surface area contributed by atoms with Gasteiger partial charge in [-0.15, -0.1) is 10.2 Å². The van der Waals surface area contributed by atoms with Crippen LogP contribution in [0.2, 0.25) is 0 Å². The molecule has 2 N–H and O–H groups in total. The summed E-state index contributed by atoms with van der Waals surface area (Å²) in [7, 11) is 0. The standard InChI is InChI=1S/C15H17N3O2S3/c1-8-4-10(3)11(5-9(8)2)12(19)6-21-14-17-18-15(23-14)22-7-13(16)20/h4-5H,6-7H2,1-3H3,(H2,16,20). The molecule has 5 nitrogen and oxygen atoms in total. The van der Waals surface area contributed by atoms with Crippen LogP contribution in [0, 0.1) is 20.8 Å². The van der Waals surface area contributed by atoms with Gasteiger partial charge in [0.25, 0.3) is 0 Å². The van der Waals surface area contributed by atoms with E-state index >= 15 is 0 Å². The number of nitrogens with zero attached hydrogens (tertiary/aromatic N) is 2. The van der Waals surface area contributed by atoms with E-state index in [2.05, 4.69) is 10.2 Å². The Kier molecular flexibility index (Phi) is 6.20. The summed E-state index contributed by atoms with van der Waals surface area (Å²) in [5, 5.41) is 7.99. The minimum absolute atomic E-state index is 0.0807. The molecule has 1 aromatic heterocycles. The zero-order chi connectivity index (χ0) is 17.0. The Morgan fingerprint density at radius 1 is 1.00 bits per heavy atom. The highest BCUT2D eigenvalue weighted by Crippen LogP contribution is 2.29. The molecule has 2 rings (SSSR count). The van der Waals surface area contributed by atoms with Crippen molar-refractivity contribution < 1.29 is 9.59 Å². The minimum Gasteiger partial charge on any atom is -0.369 e. The SMILES string of the molecule is Cc1cc(C)c(C(=O)CSc2nnc(SCC(N)=O)s2)cc1C. The molecular weight excluding hydrogens is 350 g/mol. The summed E-state index contributed by atoms with van der Waals surface area (Å²) in [5.41, 5.74) is 9.15. The quantitative estimate of drug-likeness (QED) is 0.598. The van der Waals surface area contributed by atoms with Gasteiger partial charge in [0.2, 0.25) is 5.91 Å². The first kappa shape index (κ1) is 18.0. The number of ketones is 1. The normalized spacial score (nSPS) is 10.7. The Morgan fingerprint density at radius 3 is 2.17 bits per heavy atom. The van der Waals surface area contributed by atoms with Crippen molar-refractivity contribution in [2.24, 2.45) is 5.73 Å². The van der Waals surface area contributed by atoms with E-state index in [0.717, 1.165) is 16.7 Å². The number of carbonyl (C=O) groups is 2. The third-order valence-electron chi connectivity index (χ3n) is 3.19. The van der Waals surface area contributed by atoms with Crippen LogP contribution in [0.15, 0.2) is 20.8 Å². The number of thioether (sulfide) groups is 2. The average molecular weight is 368 g/mol. The molecule has 0 saturated carbocycles. The smallest absolute Gasteiger partial charge is 0.227 e. The van der Waals surface area contributed by atoms with Gasteiger partial charge in [-0.25, -0.2) is 0 Å². The number of carbonyl (C=O) groups excluding carboxylic acids is 2. The molecule has 0 aliphatic heterocycles. The van der Waals surface area contributed by atoms with Gasteiger partial charge in [0, 0.05) is 5.56 Å². The highest BCUT2D eigenvalue weighted by molar-refractivity contribution is 8.03. The number of aromatic nitrogens is 2. The first-order chi connectivity index (χ1) is 10.9. The number of benzene rings is 1. The van der Waals surface area contributed by atoms with Crippen molar-refractivity contribution in [3.8, 4) is 0 Å². The second-order valence-electron chi connectivity index (χ2n) is 5.05. The Hall–Kier alpha value is -1.38. The molecule has 0 spiro atoms. The van der Waals surface area contributed by atoms with Gasteiger partial charge in [0.05, 0.1) is 11.5 Å². The first-order valence-corrected chi connectivity index (χ1v) is 9.64. The van der Waals surface area contributed by atoms with Crippen molar-refractivity contribution in [3.63, 3.8) is 0 Å². The van der Waals surface area contributed by atoms with Crippen LogP contribution in [0.3, 0.4) is 0 Å². The summed E-state index contributed by atoms with van der Waals surface area (Å²) < 4.78 is 1.40. The van der Waals surface area contributed by atoms with Crippen molar-refractivity contribution in [1.82, 2.24) is 10.2 Å². The maximum atomic E-state index is 12.4. The van der Waals surface area contributed by atoms with Crippen molar-refractivity contribution in [2.75, 3.05) is 11.5 Å². The van der Waals surface area contributed by atoms with E-state index in [0.29, 0.717) is 14.4 Å². The fourth-order valence-electron chi connectivity index (χ4n) is 1.91. The second-order valence-corrected chi connectivity index (χ2v) is 8.47. The van der Waals surface area contributed by atoms with Gasteiger partial charge < -0.3 is 5.73 Å². The van der Waals surface area contributed by atoms with E-state index in [4.69, 9.17) is 5.73 Å². The number of amides is 1. The first-order valence-electron chi connectivity index (χ1n) is 6.85. The topological polar surface area (TPSA) is 85.9 Å². The molecule has 0 atom stereocenters. The van der Waals surface area contributed by atoms with Crippen LogP contribution in [0.5, 0.6) is 0 Å². The molecule has 0 saturated heterocycles. The third-order valence-corrected chi connectivity index (χ3v) is 6.41. The van der Waals surface area contributed by atoms with E-state index in [-0.39, 0.29) is 17.4 Å². The molecular formula is C15H17N3O2S3. The molecule has 0 fully saturated rings. The lowest BCUT2D eigenvalue weighted by molar-refractivity contribution is -0.115. The molecule has 1 amide bonds. The lowest BCUT2D eigenvalue weighted by Crippen LogP contribution is -2.12. The zero-order valence-electron chi connectivity index (χ0n) is 13.1. The van der Waals surface area contributed by atoms with Crippen molar-refractivity contribution in [1.29, 1.82) is 0 Å². The fourth-order valence-corrected chi connectivity index (χ4v) is 4.56. The Balaban J connectivity index is 1.97. The van der Waals surface area contributed by atoms with E-state index in [1.807, 2.05) is 32.9 Å². The molecule has 122 valence electrons. The van der Waals surface area contributed by atoms with Gasteiger partial charge in [0.1, 0.15) is 0 Å². The lowest BCUT2D eigenvalue weighted by atomic mass is 9.99. The predicted octanol–water partition coefficient (Wildman–Crippen LogP) is 3.02. The summed E-state index contributed by atoms with van der Waals surface area (Å²) in [5.74, 6) is 0.190. The molecule has 0 aliphatic carbocycles. The predicted molar refractivity (Wildman–Crippen MR) is 95.5 cm³/mol. The number of rotatable bonds is 7. The van der Waals surface area contributed by atoms with Crippen LogP contribution in [-0.4, -0.2) is 33.4 Å². The van der Waals surface area contributed by atoms with Gasteiger partial charge >= 0.3 is 0 Å². The van der Waals surface area contributed by atoms with Crippen LogP contribution in [-0.2, 0) is 4.79 Å². The summed E-state index contributed by atoms with van der Waals surface area (Å²) in [4.78, 5) is 23.1. The Bertz CT molecular complexity index is 744. The molecule has 2 aromatic rings. The Labute approximate surface area is 147 Å². The highest BCUT2D eigenvalue weighted by Gasteiger charge is 2.13. The summed E-state index contributed by atoms with van der Waals surface area (Å²) in [6.07, 6.45) is 0. The van der Waals surface area contributed by atoms with E-state index in [9.17, 15) is 9.59 Å². The molecule has 8 heteroatoms. The number of nitrogens with two attached hydrogens (primary N) is 1. The fraction of sp³-hybridized carbons (Fsp3) is 0.333. The number of hydrogen-bond acceptors (Lipinski definition) is 7. The molecule has 0 aliphatic rings. The van der Waals surface area contributed by atoms with Gasteiger partial charge in [0.15, 0.2) is 14.5 Å². The highest BCUT2D eigenvalue weighted by atomic mass is 32.2.